The first kappa shape index (κ1) is 32.0. The minimum absolute atomic E-state index is 0.0269. The minimum atomic E-state index is -1.68. The molecule has 1 fully saturated rings. The van der Waals surface area contributed by atoms with Crippen LogP contribution in [-0.4, -0.2) is 119 Å². The van der Waals surface area contributed by atoms with Gasteiger partial charge in [0.05, 0.1) is 35.9 Å². The van der Waals surface area contributed by atoms with Crippen LogP contribution in [0.25, 0.3) is 11.2 Å². The van der Waals surface area contributed by atoms with Crippen LogP contribution in [-0.2, 0) is 22.4 Å². The Bertz CT molecular complexity index is 1510. The molecule has 232 valence electrons. The molecule has 0 amide bonds. The third kappa shape index (κ3) is 7.16. The van der Waals surface area contributed by atoms with Crippen LogP contribution in [0.5, 0.6) is 0 Å². The normalized spacial score (nSPS) is 23.9. The fourth-order valence-electron chi connectivity index (χ4n) is 4.34. The molecular formula is C26H33N7O10. The highest BCUT2D eigenvalue weighted by molar-refractivity contribution is 5.70. The predicted molar refractivity (Wildman–Crippen MR) is 150 cm³/mol. The number of aliphatic imine (C=N–C) groups is 1. The van der Waals surface area contributed by atoms with Gasteiger partial charge in [-0.1, -0.05) is 12.1 Å². The summed E-state index contributed by atoms with van der Waals surface area (Å²) >= 11 is 0. The van der Waals surface area contributed by atoms with E-state index in [0.717, 1.165) is 5.56 Å². The molecule has 5 N–H and O–H groups in total. The molecule has 0 radical (unpaired) electrons. The predicted octanol–water partition coefficient (Wildman–Crippen LogP) is -1.20. The highest BCUT2D eigenvalue weighted by Crippen LogP contribution is 2.26. The van der Waals surface area contributed by atoms with Crippen molar-refractivity contribution in [2.75, 3.05) is 20.7 Å². The van der Waals surface area contributed by atoms with Gasteiger partial charge in [-0.25, -0.2) is 15.0 Å². The summed E-state index contributed by atoms with van der Waals surface area (Å²) in [4.78, 5) is 42.8. The van der Waals surface area contributed by atoms with Gasteiger partial charge < -0.3 is 39.9 Å². The quantitative estimate of drug-likeness (QED) is 0.0749. The molecule has 43 heavy (non-hydrogen) atoms. The average Bonchev–Trinajstić information content (AvgIpc) is 2.99. The van der Waals surface area contributed by atoms with Crippen molar-refractivity contribution >= 4 is 29.1 Å². The Labute approximate surface area is 244 Å². The fraction of sp³-hybridized carbons (Fsp3) is 0.500. The Morgan fingerprint density at radius 2 is 1.88 bits per heavy atom. The molecule has 1 aliphatic rings. The number of nitro benzene ring substituents is 1. The van der Waals surface area contributed by atoms with Crippen molar-refractivity contribution in [3.05, 3.63) is 62.2 Å². The van der Waals surface area contributed by atoms with Crippen LogP contribution in [0.15, 0.2) is 40.2 Å². The number of aromatic nitrogens is 4. The van der Waals surface area contributed by atoms with Crippen LogP contribution in [0.1, 0.15) is 24.3 Å². The van der Waals surface area contributed by atoms with Crippen LogP contribution >= 0.6 is 0 Å². The van der Waals surface area contributed by atoms with E-state index in [2.05, 4.69) is 19.9 Å². The SMILES string of the molecule is C[C@H](O[C@H]1O[C@H](CO)[C@@H](O)[C@H](O)[C@H]1O)[C@H](O)c1cnc2nc(/N=C/N(C)C)n(CCc3ccc([N+](=O)[O-])cc3)c(=O)c2n1. The summed E-state index contributed by atoms with van der Waals surface area (Å²) in [6, 6.07) is 5.92. The second kappa shape index (κ2) is 13.6. The molecule has 0 spiro atoms. The lowest BCUT2D eigenvalue weighted by Crippen LogP contribution is -2.59. The zero-order valence-electron chi connectivity index (χ0n) is 23.5. The second-order valence-electron chi connectivity index (χ2n) is 10.2. The van der Waals surface area contributed by atoms with Gasteiger partial charge >= 0.3 is 0 Å². The number of non-ortho nitro benzene ring substituents is 1. The van der Waals surface area contributed by atoms with Crippen molar-refractivity contribution in [1.29, 1.82) is 0 Å². The first-order chi connectivity index (χ1) is 20.4. The molecule has 3 aromatic rings. The van der Waals surface area contributed by atoms with E-state index in [4.69, 9.17) is 9.47 Å². The van der Waals surface area contributed by atoms with Crippen molar-refractivity contribution in [3.8, 4) is 0 Å². The molecule has 0 unspecified atom stereocenters. The lowest BCUT2D eigenvalue weighted by molar-refractivity contribution is -0.384. The first-order valence-corrected chi connectivity index (χ1v) is 13.3. The topological polar surface area (TPSA) is 239 Å². The Hall–Kier alpha value is -3.97. The van der Waals surface area contributed by atoms with Gasteiger partial charge in [0.15, 0.2) is 17.5 Å². The molecule has 0 bridgehead atoms. The largest absolute Gasteiger partial charge is 0.394 e. The van der Waals surface area contributed by atoms with E-state index in [1.54, 1.807) is 31.1 Å². The third-order valence-electron chi connectivity index (χ3n) is 6.79. The Morgan fingerprint density at radius 1 is 1.19 bits per heavy atom. The van der Waals surface area contributed by atoms with E-state index in [9.17, 15) is 40.4 Å². The smallest absolute Gasteiger partial charge is 0.283 e. The van der Waals surface area contributed by atoms with Gasteiger partial charge in [-0.05, 0) is 18.9 Å². The molecule has 1 aromatic carbocycles. The minimum Gasteiger partial charge on any atom is -0.394 e. The maximum absolute atomic E-state index is 13.6. The van der Waals surface area contributed by atoms with Crippen LogP contribution in [0.2, 0.25) is 0 Å². The zero-order valence-corrected chi connectivity index (χ0v) is 23.5. The molecule has 1 aliphatic heterocycles. The summed E-state index contributed by atoms with van der Waals surface area (Å²) < 4.78 is 12.2. The van der Waals surface area contributed by atoms with Gasteiger partial charge in [0, 0.05) is 32.8 Å². The van der Waals surface area contributed by atoms with E-state index in [0.29, 0.717) is 6.42 Å². The summed E-state index contributed by atoms with van der Waals surface area (Å²) in [6.07, 6.45) is -7.24. The van der Waals surface area contributed by atoms with Gasteiger partial charge in [-0.15, -0.1) is 0 Å². The number of fused-ring (bicyclic) bond motifs is 1. The van der Waals surface area contributed by atoms with Crippen LogP contribution < -0.4 is 5.56 Å². The summed E-state index contributed by atoms with van der Waals surface area (Å²) in [6.45, 7) is 0.879. The van der Waals surface area contributed by atoms with Gasteiger partial charge in [0.1, 0.15) is 30.5 Å². The summed E-state index contributed by atoms with van der Waals surface area (Å²) in [5.41, 5.74) is -0.174. The number of aliphatic hydroxyl groups excluding tert-OH is 5. The Balaban J connectivity index is 1.61. The highest BCUT2D eigenvalue weighted by atomic mass is 16.7. The fourth-order valence-corrected chi connectivity index (χ4v) is 4.34. The van der Waals surface area contributed by atoms with Crippen LogP contribution in [0.3, 0.4) is 0 Å². The zero-order chi connectivity index (χ0) is 31.4. The van der Waals surface area contributed by atoms with Gasteiger partial charge in [0.25, 0.3) is 11.2 Å². The second-order valence-corrected chi connectivity index (χ2v) is 10.2. The number of aryl methyl sites for hydroxylation is 1. The third-order valence-corrected chi connectivity index (χ3v) is 6.79. The van der Waals surface area contributed by atoms with E-state index in [1.807, 2.05) is 0 Å². The van der Waals surface area contributed by atoms with Crippen LogP contribution in [0.4, 0.5) is 11.6 Å². The lowest BCUT2D eigenvalue weighted by atomic mass is 9.99. The van der Waals surface area contributed by atoms with E-state index in [1.165, 1.54) is 36.2 Å². The van der Waals surface area contributed by atoms with E-state index in [-0.39, 0.29) is 35.0 Å². The molecule has 17 heteroatoms. The molecule has 0 saturated carbocycles. The average molecular weight is 604 g/mol. The van der Waals surface area contributed by atoms with E-state index < -0.39 is 60.0 Å². The molecule has 4 rings (SSSR count). The van der Waals surface area contributed by atoms with Crippen molar-refractivity contribution in [1.82, 2.24) is 24.4 Å². The maximum Gasteiger partial charge on any atom is 0.283 e. The summed E-state index contributed by atoms with van der Waals surface area (Å²) in [7, 11) is 3.48. The number of ether oxygens (including phenoxy) is 2. The molecule has 0 aliphatic carbocycles. The van der Waals surface area contributed by atoms with Crippen LogP contribution in [0, 0.1) is 10.1 Å². The van der Waals surface area contributed by atoms with Crippen molar-refractivity contribution < 1.29 is 39.9 Å². The molecule has 2 aromatic heterocycles. The summed E-state index contributed by atoms with van der Waals surface area (Å²) in [5, 5.41) is 61.5. The number of aliphatic hydroxyl groups is 5. The Kier molecular flexibility index (Phi) is 10.1. The molecule has 3 heterocycles. The van der Waals surface area contributed by atoms with E-state index >= 15 is 0 Å². The first-order valence-electron chi connectivity index (χ1n) is 13.3. The van der Waals surface area contributed by atoms with Gasteiger partial charge in [-0.3, -0.25) is 19.5 Å². The molecular weight excluding hydrogens is 570 g/mol. The number of hydrogen-bond acceptors (Lipinski definition) is 14. The number of nitro groups is 1. The highest BCUT2D eigenvalue weighted by Gasteiger charge is 2.45. The van der Waals surface area contributed by atoms with Crippen molar-refractivity contribution in [3.63, 3.8) is 0 Å². The number of nitrogens with zero attached hydrogens (tertiary/aromatic N) is 7. The standard InChI is InChI=1S/C26H33N7O10/c1-13(42-25-22(38)21(37)20(36)17(11-34)43-25)19(35)16-10-27-23-18(29-16)24(39)32(26(30-23)28-12-31(2)3)9-8-14-4-6-15(7-5-14)33(40)41/h4-7,10,12-13,17,19-22,25,34-38H,8-9,11H2,1-3H3/b28-12+/t13-,17+,19-,20+,21-,22+,25-/m0/s1. The number of rotatable bonds is 11. The van der Waals surface area contributed by atoms with Gasteiger partial charge in [-0.2, -0.15) is 4.98 Å². The van der Waals surface area contributed by atoms with Gasteiger partial charge in [0.2, 0.25) is 5.95 Å². The summed E-state index contributed by atoms with van der Waals surface area (Å²) in [5.74, 6) is 0.0510. The molecule has 7 atom stereocenters. The monoisotopic (exact) mass is 603 g/mol. The maximum atomic E-state index is 13.6. The van der Waals surface area contributed by atoms with Crippen molar-refractivity contribution in [2.45, 2.75) is 62.8 Å². The lowest BCUT2D eigenvalue weighted by Gasteiger charge is -2.40. The number of benzene rings is 1. The molecule has 17 nitrogen and oxygen atoms in total. The molecule has 1 saturated heterocycles. The number of hydrogen-bond donors (Lipinski definition) is 5. The van der Waals surface area contributed by atoms with Crippen molar-refractivity contribution in [2.24, 2.45) is 4.99 Å². The Morgan fingerprint density at radius 3 is 2.51 bits per heavy atom.